The molecular formula is C18H21N5OS. The number of rotatable bonds is 6. The highest BCUT2D eigenvalue weighted by molar-refractivity contribution is 7.99. The lowest BCUT2D eigenvalue weighted by Gasteiger charge is -2.33. The van der Waals surface area contributed by atoms with E-state index in [1.165, 1.54) is 5.69 Å². The number of hydrogen-bond donors (Lipinski definition) is 1. The van der Waals surface area contributed by atoms with Gasteiger partial charge in [0, 0.05) is 48.9 Å². The van der Waals surface area contributed by atoms with E-state index in [4.69, 9.17) is 4.42 Å². The van der Waals surface area contributed by atoms with Crippen LogP contribution in [0.15, 0.2) is 46.7 Å². The Morgan fingerprint density at radius 1 is 1.32 bits per heavy atom. The Balaban J connectivity index is 1.55. The largest absolute Gasteiger partial charge is 0.467 e. The first kappa shape index (κ1) is 16.4. The maximum absolute atomic E-state index is 5.70. The van der Waals surface area contributed by atoms with Gasteiger partial charge in [-0.25, -0.2) is 15.0 Å². The summed E-state index contributed by atoms with van der Waals surface area (Å²) in [6, 6.07) is 3.97. The third-order valence-electron chi connectivity index (χ3n) is 4.34. The lowest BCUT2D eigenvalue weighted by atomic mass is 10.00. The van der Waals surface area contributed by atoms with Crippen LogP contribution >= 0.6 is 11.8 Å². The minimum absolute atomic E-state index is 0.0270. The Morgan fingerprint density at radius 2 is 2.20 bits per heavy atom. The van der Waals surface area contributed by atoms with Gasteiger partial charge in [-0.2, -0.15) is 0 Å². The van der Waals surface area contributed by atoms with E-state index in [2.05, 4.69) is 31.8 Å². The lowest BCUT2D eigenvalue weighted by Crippen LogP contribution is -2.35. The summed E-state index contributed by atoms with van der Waals surface area (Å²) in [5.74, 6) is 1.97. The summed E-state index contributed by atoms with van der Waals surface area (Å²) in [6.45, 7) is 3.87. The standard InChI is InChI=1S/C18H21N5OS/c1-2-8-25-18-19-9-13(10-20-18)11-23-6-5-14-16(22-12-21-14)17(23)15-4-3-7-24-15/h3-4,7,9-10,12,17H,2,5-6,8,11H2,1H3,(H,21,22)/t17-/m1/s1. The van der Waals surface area contributed by atoms with Gasteiger partial charge in [-0.05, 0) is 18.6 Å². The van der Waals surface area contributed by atoms with Gasteiger partial charge in [-0.15, -0.1) is 0 Å². The van der Waals surface area contributed by atoms with Gasteiger partial charge in [0.25, 0.3) is 0 Å². The molecule has 0 saturated carbocycles. The molecule has 1 aliphatic rings. The normalized spacial score (nSPS) is 17.6. The number of nitrogens with zero attached hydrogens (tertiary/aromatic N) is 4. The highest BCUT2D eigenvalue weighted by atomic mass is 32.2. The van der Waals surface area contributed by atoms with E-state index in [-0.39, 0.29) is 6.04 Å². The molecule has 0 aromatic carbocycles. The first-order valence-electron chi connectivity index (χ1n) is 8.58. The molecule has 0 aliphatic carbocycles. The molecule has 0 unspecified atom stereocenters. The minimum Gasteiger partial charge on any atom is -0.467 e. The smallest absolute Gasteiger partial charge is 0.187 e. The van der Waals surface area contributed by atoms with Crippen molar-refractivity contribution in [3.8, 4) is 0 Å². The van der Waals surface area contributed by atoms with E-state index in [0.29, 0.717) is 0 Å². The first-order valence-corrected chi connectivity index (χ1v) is 9.57. The Kier molecular flexibility index (Phi) is 4.85. The van der Waals surface area contributed by atoms with E-state index in [1.54, 1.807) is 24.4 Å². The van der Waals surface area contributed by atoms with Crippen LogP contribution in [0.1, 0.15) is 42.1 Å². The average Bonchev–Trinajstić information content (AvgIpc) is 3.32. The topological polar surface area (TPSA) is 70.8 Å². The van der Waals surface area contributed by atoms with Crippen molar-refractivity contribution in [1.82, 2.24) is 24.8 Å². The molecule has 3 aromatic heterocycles. The van der Waals surface area contributed by atoms with Gasteiger partial charge < -0.3 is 9.40 Å². The van der Waals surface area contributed by atoms with Crippen molar-refractivity contribution in [3.63, 3.8) is 0 Å². The van der Waals surface area contributed by atoms with Gasteiger partial charge in [0.15, 0.2) is 5.16 Å². The monoisotopic (exact) mass is 355 g/mol. The second-order valence-electron chi connectivity index (χ2n) is 6.13. The fourth-order valence-corrected chi connectivity index (χ4v) is 3.82. The minimum atomic E-state index is 0.0270. The molecular weight excluding hydrogens is 334 g/mol. The summed E-state index contributed by atoms with van der Waals surface area (Å²) in [7, 11) is 0. The molecule has 0 spiro atoms. The van der Waals surface area contributed by atoms with E-state index >= 15 is 0 Å². The summed E-state index contributed by atoms with van der Waals surface area (Å²) in [5.41, 5.74) is 3.36. The summed E-state index contributed by atoms with van der Waals surface area (Å²) < 4.78 is 5.70. The van der Waals surface area contributed by atoms with E-state index in [0.717, 1.165) is 53.9 Å². The van der Waals surface area contributed by atoms with Crippen LogP contribution < -0.4 is 0 Å². The zero-order valence-electron chi connectivity index (χ0n) is 14.2. The average molecular weight is 355 g/mol. The third-order valence-corrected chi connectivity index (χ3v) is 5.42. The van der Waals surface area contributed by atoms with Crippen molar-refractivity contribution in [2.24, 2.45) is 0 Å². The molecule has 4 rings (SSSR count). The predicted octanol–water partition coefficient (Wildman–Crippen LogP) is 3.44. The lowest BCUT2D eigenvalue weighted by molar-refractivity contribution is 0.179. The molecule has 1 N–H and O–H groups in total. The quantitative estimate of drug-likeness (QED) is 0.539. The van der Waals surface area contributed by atoms with Crippen molar-refractivity contribution >= 4 is 11.8 Å². The van der Waals surface area contributed by atoms with Crippen molar-refractivity contribution in [3.05, 3.63) is 59.8 Å². The molecule has 0 radical (unpaired) electrons. The van der Waals surface area contributed by atoms with E-state index in [1.807, 2.05) is 24.5 Å². The van der Waals surface area contributed by atoms with Gasteiger partial charge in [-0.1, -0.05) is 18.7 Å². The summed E-state index contributed by atoms with van der Waals surface area (Å²) in [5, 5.41) is 0.849. The summed E-state index contributed by atoms with van der Waals surface area (Å²) in [6.07, 6.45) is 9.44. The molecule has 6 nitrogen and oxygen atoms in total. The fraction of sp³-hybridized carbons (Fsp3) is 0.389. The van der Waals surface area contributed by atoms with Crippen molar-refractivity contribution in [2.75, 3.05) is 12.3 Å². The van der Waals surface area contributed by atoms with E-state index < -0.39 is 0 Å². The molecule has 1 aliphatic heterocycles. The molecule has 4 heterocycles. The van der Waals surface area contributed by atoms with Crippen LogP contribution in [0.25, 0.3) is 0 Å². The Bertz CT molecular complexity index is 799. The SMILES string of the molecule is CCCSc1ncc(CN2CCc3[nH]cnc3[C@H]2c2ccco2)cn1. The molecule has 25 heavy (non-hydrogen) atoms. The number of aromatic nitrogens is 4. The van der Waals surface area contributed by atoms with Crippen molar-refractivity contribution < 1.29 is 4.42 Å². The second-order valence-corrected chi connectivity index (χ2v) is 7.19. The Morgan fingerprint density at radius 3 is 2.96 bits per heavy atom. The molecule has 0 saturated heterocycles. The molecule has 7 heteroatoms. The number of furan rings is 1. The van der Waals surface area contributed by atoms with Gasteiger partial charge in [0.2, 0.25) is 0 Å². The summed E-state index contributed by atoms with van der Waals surface area (Å²) in [4.78, 5) is 19.1. The second kappa shape index (κ2) is 7.41. The highest BCUT2D eigenvalue weighted by Crippen LogP contribution is 2.34. The zero-order chi connectivity index (χ0) is 17.1. The van der Waals surface area contributed by atoms with Crippen molar-refractivity contribution in [1.29, 1.82) is 0 Å². The predicted molar refractivity (Wildman–Crippen MR) is 96.3 cm³/mol. The molecule has 0 bridgehead atoms. The highest BCUT2D eigenvalue weighted by Gasteiger charge is 2.32. The van der Waals surface area contributed by atoms with Crippen LogP contribution in [0.3, 0.4) is 0 Å². The van der Waals surface area contributed by atoms with E-state index in [9.17, 15) is 0 Å². The zero-order valence-corrected chi connectivity index (χ0v) is 15.0. The number of imidazole rings is 1. The molecule has 130 valence electrons. The van der Waals surface area contributed by atoms with Crippen LogP contribution in [0.2, 0.25) is 0 Å². The van der Waals surface area contributed by atoms with Gasteiger partial charge in [-0.3, -0.25) is 4.90 Å². The molecule has 0 fully saturated rings. The molecule has 3 aromatic rings. The van der Waals surface area contributed by atoms with Crippen LogP contribution in [0.4, 0.5) is 0 Å². The van der Waals surface area contributed by atoms with Gasteiger partial charge >= 0.3 is 0 Å². The number of H-pyrrole nitrogens is 1. The first-order chi connectivity index (χ1) is 12.3. The van der Waals surface area contributed by atoms with Crippen molar-refractivity contribution in [2.45, 2.75) is 37.5 Å². The Labute approximate surface area is 151 Å². The van der Waals surface area contributed by atoms with Crippen LogP contribution in [-0.4, -0.2) is 37.1 Å². The molecule has 1 atom stereocenters. The number of aromatic amines is 1. The summed E-state index contributed by atoms with van der Waals surface area (Å²) >= 11 is 1.70. The number of hydrogen-bond acceptors (Lipinski definition) is 6. The Hall–Kier alpha value is -2.12. The van der Waals surface area contributed by atoms with Crippen LogP contribution in [0, 0.1) is 0 Å². The number of thioether (sulfide) groups is 1. The van der Waals surface area contributed by atoms with Crippen LogP contribution in [0.5, 0.6) is 0 Å². The maximum atomic E-state index is 5.70. The maximum Gasteiger partial charge on any atom is 0.187 e. The number of fused-ring (bicyclic) bond motifs is 1. The fourth-order valence-electron chi connectivity index (χ4n) is 3.18. The van der Waals surface area contributed by atoms with Crippen LogP contribution in [-0.2, 0) is 13.0 Å². The third kappa shape index (κ3) is 3.48. The van der Waals surface area contributed by atoms with Gasteiger partial charge in [0.1, 0.15) is 11.8 Å². The van der Waals surface area contributed by atoms with Gasteiger partial charge in [0.05, 0.1) is 18.3 Å². The number of nitrogens with one attached hydrogen (secondary N) is 1. The molecule has 0 amide bonds.